The van der Waals surface area contributed by atoms with Gasteiger partial charge >= 0.3 is 5.69 Å². The average molecular weight is 320 g/mol. The lowest BCUT2D eigenvalue weighted by Crippen LogP contribution is -2.27. The number of amides is 1. The van der Waals surface area contributed by atoms with Gasteiger partial charge in [-0.2, -0.15) is 10.2 Å². The van der Waals surface area contributed by atoms with Gasteiger partial charge in [0.05, 0.1) is 23.7 Å². The second kappa shape index (κ2) is 6.59. The van der Waals surface area contributed by atoms with Crippen molar-refractivity contribution in [2.24, 2.45) is 7.05 Å². The lowest BCUT2D eigenvalue weighted by molar-refractivity contribution is -0.386. The van der Waals surface area contributed by atoms with Crippen LogP contribution in [-0.2, 0) is 24.9 Å². The fourth-order valence-electron chi connectivity index (χ4n) is 2.44. The predicted octanol–water partition coefficient (Wildman–Crippen LogP) is 1.19. The van der Waals surface area contributed by atoms with E-state index in [2.05, 4.69) is 10.2 Å². The largest absolute Gasteiger partial charge is 0.340 e. The first-order chi connectivity index (χ1) is 10.8. The van der Waals surface area contributed by atoms with Gasteiger partial charge in [-0.15, -0.1) is 0 Å². The van der Waals surface area contributed by atoms with Gasteiger partial charge in [0, 0.05) is 26.7 Å². The van der Waals surface area contributed by atoms with Crippen LogP contribution in [0, 0.1) is 24.0 Å². The zero-order valence-corrected chi connectivity index (χ0v) is 13.7. The third-order valence-corrected chi connectivity index (χ3v) is 3.66. The van der Waals surface area contributed by atoms with E-state index >= 15 is 0 Å². The average Bonchev–Trinajstić information content (AvgIpc) is 2.99. The minimum absolute atomic E-state index is 0.0132. The van der Waals surface area contributed by atoms with E-state index in [0.29, 0.717) is 24.5 Å². The van der Waals surface area contributed by atoms with Crippen molar-refractivity contribution in [1.82, 2.24) is 24.5 Å². The van der Waals surface area contributed by atoms with E-state index < -0.39 is 4.92 Å². The molecule has 2 aromatic rings. The first kappa shape index (κ1) is 16.7. The summed E-state index contributed by atoms with van der Waals surface area (Å²) >= 11 is 0. The maximum absolute atomic E-state index is 12.2. The fourth-order valence-corrected chi connectivity index (χ4v) is 2.44. The van der Waals surface area contributed by atoms with E-state index in [4.69, 9.17) is 0 Å². The fraction of sp³-hybridized carbons (Fsp3) is 0.500. The van der Waals surface area contributed by atoms with Crippen LogP contribution in [-0.4, -0.2) is 42.3 Å². The molecule has 0 N–H and O–H groups in total. The molecule has 0 unspecified atom stereocenters. The number of nitro groups is 1. The Hall–Kier alpha value is -2.71. The van der Waals surface area contributed by atoms with Gasteiger partial charge in [-0.25, -0.2) is 0 Å². The highest BCUT2D eigenvalue weighted by molar-refractivity contribution is 5.75. The third-order valence-electron chi connectivity index (χ3n) is 3.66. The molecule has 9 nitrogen and oxygen atoms in total. The summed E-state index contributed by atoms with van der Waals surface area (Å²) in [5, 5.41) is 19.3. The van der Waals surface area contributed by atoms with Gasteiger partial charge in [-0.1, -0.05) is 0 Å². The third kappa shape index (κ3) is 3.74. The smallest absolute Gasteiger partial charge is 0.312 e. The molecule has 0 aromatic carbocycles. The van der Waals surface area contributed by atoms with Gasteiger partial charge in [0.15, 0.2) is 0 Å². The lowest BCUT2D eigenvalue weighted by atomic mass is 10.3. The molecule has 2 aromatic heterocycles. The molecule has 23 heavy (non-hydrogen) atoms. The topological polar surface area (TPSA) is 99.1 Å². The Balaban J connectivity index is 1.96. The quantitative estimate of drug-likeness (QED) is 0.588. The summed E-state index contributed by atoms with van der Waals surface area (Å²) in [4.78, 5) is 24.3. The molecule has 124 valence electrons. The van der Waals surface area contributed by atoms with E-state index in [1.807, 2.05) is 19.3 Å². The van der Waals surface area contributed by atoms with Crippen LogP contribution in [0.15, 0.2) is 12.3 Å². The normalized spacial score (nSPS) is 10.8. The molecule has 9 heteroatoms. The van der Waals surface area contributed by atoms with Crippen LogP contribution in [0.25, 0.3) is 0 Å². The Kier molecular flexibility index (Phi) is 4.77. The maximum Gasteiger partial charge on any atom is 0.312 e. The van der Waals surface area contributed by atoms with Crippen molar-refractivity contribution in [2.45, 2.75) is 33.4 Å². The van der Waals surface area contributed by atoms with E-state index in [1.165, 1.54) is 4.68 Å². The minimum atomic E-state index is -0.441. The predicted molar refractivity (Wildman–Crippen MR) is 82.7 cm³/mol. The Morgan fingerprint density at radius 1 is 1.39 bits per heavy atom. The Labute approximate surface area is 133 Å². The monoisotopic (exact) mass is 320 g/mol. The molecule has 0 atom stereocenters. The zero-order valence-electron chi connectivity index (χ0n) is 13.7. The highest BCUT2D eigenvalue weighted by Gasteiger charge is 2.22. The van der Waals surface area contributed by atoms with Crippen LogP contribution >= 0.6 is 0 Å². The summed E-state index contributed by atoms with van der Waals surface area (Å²) in [6, 6.07) is 1.86. The maximum atomic E-state index is 12.2. The van der Waals surface area contributed by atoms with E-state index in [-0.39, 0.29) is 18.0 Å². The molecule has 0 bridgehead atoms. The molecule has 1 amide bonds. The lowest BCUT2D eigenvalue weighted by Gasteiger charge is -2.16. The second-order valence-corrected chi connectivity index (χ2v) is 5.48. The van der Waals surface area contributed by atoms with Crippen LogP contribution in [0.4, 0.5) is 5.69 Å². The number of aromatic nitrogens is 4. The highest BCUT2D eigenvalue weighted by Crippen LogP contribution is 2.21. The van der Waals surface area contributed by atoms with E-state index in [9.17, 15) is 14.9 Å². The number of carbonyl (C=O) groups is 1. The minimum Gasteiger partial charge on any atom is -0.340 e. The molecular weight excluding hydrogens is 300 g/mol. The number of hydrogen-bond donors (Lipinski definition) is 0. The summed E-state index contributed by atoms with van der Waals surface area (Å²) < 4.78 is 3.20. The van der Waals surface area contributed by atoms with Crippen molar-refractivity contribution >= 4 is 11.6 Å². The van der Waals surface area contributed by atoms with Crippen LogP contribution < -0.4 is 0 Å². The van der Waals surface area contributed by atoms with Crippen molar-refractivity contribution in [1.29, 1.82) is 0 Å². The van der Waals surface area contributed by atoms with Crippen LogP contribution in [0.1, 0.15) is 23.5 Å². The molecule has 0 spiro atoms. The molecule has 0 saturated carbocycles. The number of nitrogens with zero attached hydrogens (tertiary/aromatic N) is 6. The molecule has 0 aliphatic carbocycles. The van der Waals surface area contributed by atoms with Crippen molar-refractivity contribution in [3.63, 3.8) is 0 Å². The summed E-state index contributed by atoms with van der Waals surface area (Å²) in [6.45, 7) is 3.97. The zero-order chi connectivity index (χ0) is 17.1. The van der Waals surface area contributed by atoms with Crippen molar-refractivity contribution < 1.29 is 9.72 Å². The number of carbonyl (C=O) groups excluding carboxylic acids is 1. The number of rotatable bonds is 6. The van der Waals surface area contributed by atoms with Crippen LogP contribution in [0.3, 0.4) is 0 Å². The summed E-state index contributed by atoms with van der Waals surface area (Å²) in [5.41, 5.74) is 1.65. The summed E-state index contributed by atoms with van der Waals surface area (Å²) in [5.74, 6) is -0.0640. The van der Waals surface area contributed by atoms with Crippen molar-refractivity contribution in [3.05, 3.63) is 39.5 Å². The van der Waals surface area contributed by atoms with Gasteiger partial charge in [-0.3, -0.25) is 24.3 Å². The first-order valence-electron chi connectivity index (χ1n) is 7.20. The molecule has 0 aliphatic rings. The van der Waals surface area contributed by atoms with Gasteiger partial charge in [0.1, 0.15) is 11.4 Å². The standard InChI is InChI=1S/C14H20N6O3/c1-10-14(20(22)23)11(2)19(15-10)8-6-13(21)17(3)9-12-5-7-18(4)16-12/h5,7H,6,8-9H2,1-4H3. The van der Waals surface area contributed by atoms with Gasteiger partial charge in [0.2, 0.25) is 5.91 Å². The summed E-state index contributed by atoms with van der Waals surface area (Å²) in [7, 11) is 3.53. The molecule has 2 heterocycles. The SMILES string of the molecule is Cc1nn(CCC(=O)N(C)Cc2ccn(C)n2)c(C)c1[N+](=O)[O-]. The number of hydrogen-bond acceptors (Lipinski definition) is 5. The molecule has 0 aliphatic heterocycles. The molecule has 0 fully saturated rings. The van der Waals surface area contributed by atoms with E-state index in [0.717, 1.165) is 5.69 Å². The van der Waals surface area contributed by atoms with Crippen molar-refractivity contribution in [3.8, 4) is 0 Å². The van der Waals surface area contributed by atoms with Gasteiger partial charge in [0.25, 0.3) is 0 Å². The Bertz CT molecular complexity index is 733. The molecule has 0 saturated heterocycles. The van der Waals surface area contributed by atoms with Crippen LogP contribution in [0.2, 0.25) is 0 Å². The number of aryl methyl sites for hydroxylation is 3. The van der Waals surface area contributed by atoms with Gasteiger partial charge < -0.3 is 4.90 Å². The first-order valence-corrected chi connectivity index (χ1v) is 7.20. The summed E-state index contributed by atoms with van der Waals surface area (Å²) in [6.07, 6.45) is 2.05. The molecule has 0 radical (unpaired) electrons. The van der Waals surface area contributed by atoms with E-state index in [1.54, 1.807) is 30.5 Å². The second-order valence-electron chi connectivity index (χ2n) is 5.48. The highest BCUT2D eigenvalue weighted by atomic mass is 16.6. The van der Waals surface area contributed by atoms with Crippen LogP contribution in [0.5, 0.6) is 0 Å². The Morgan fingerprint density at radius 3 is 2.61 bits per heavy atom. The molecule has 2 rings (SSSR count). The Morgan fingerprint density at radius 2 is 2.09 bits per heavy atom. The molecular formula is C14H20N6O3. The van der Waals surface area contributed by atoms with Gasteiger partial charge in [-0.05, 0) is 19.9 Å². The van der Waals surface area contributed by atoms with Crippen molar-refractivity contribution in [2.75, 3.05) is 7.05 Å².